The highest BCUT2D eigenvalue weighted by atomic mass is 19.4. The van der Waals surface area contributed by atoms with Crippen molar-refractivity contribution in [3.63, 3.8) is 0 Å². The van der Waals surface area contributed by atoms with E-state index >= 15 is 0 Å². The molecule has 1 heterocycles. The third-order valence-corrected chi connectivity index (χ3v) is 2.77. The summed E-state index contributed by atoms with van der Waals surface area (Å²) in [6, 6.07) is 5.16. The van der Waals surface area contributed by atoms with E-state index in [0.717, 1.165) is 0 Å². The molecule has 3 N–H and O–H groups in total. The number of hydrazine groups is 1. The third-order valence-electron chi connectivity index (χ3n) is 2.77. The molecular weight excluding hydrogens is 273 g/mol. The van der Waals surface area contributed by atoms with Crippen LogP contribution in [-0.4, -0.2) is 15.9 Å². The minimum absolute atomic E-state index is 0.274. The number of halogens is 3. The zero-order chi connectivity index (χ0) is 14.8. The molecule has 0 radical (unpaired) electrons. The van der Waals surface area contributed by atoms with Gasteiger partial charge in [-0.15, -0.1) is 13.2 Å². The highest BCUT2D eigenvalue weighted by molar-refractivity contribution is 5.39. The van der Waals surface area contributed by atoms with Crippen LogP contribution in [0.25, 0.3) is 0 Å². The summed E-state index contributed by atoms with van der Waals surface area (Å²) < 4.78 is 42.9. The van der Waals surface area contributed by atoms with E-state index in [1.54, 1.807) is 17.7 Å². The van der Waals surface area contributed by atoms with Crippen molar-refractivity contribution in [2.45, 2.75) is 12.4 Å². The number of aryl methyl sites for hydroxylation is 1. The van der Waals surface area contributed by atoms with Crippen molar-refractivity contribution >= 4 is 0 Å². The molecule has 0 aliphatic heterocycles. The Morgan fingerprint density at radius 2 is 2.05 bits per heavy atom. The molecule has 108 valence electrons. The normalized spacial score (nSPS) is 13.2. The zero-order valence-corrected chi connectivity index (χ0v) is 10.6. The smallest absolute Gasteiger partial charge is 0.405 e. The monoisotopic (exact) mass is 286 g/mol. The maximum absolute atomic E-state index is 12.4. The second kappa shape index (κ2) is 5.51. The fourth-order valence-electron chi connectivity index (χ4n) is 1.92. The number of hydrogen-bond acceptors (Lipinski definition) is 4. The molecule has 0 bridgehead atoms. The van der Waals surface area contributed by atoms with Crippen LogP contribution in [0.15, 0.2) is 36.8 Å². The Bertz CT molecular complexity index is 582. The summed E-state index contributed by atoms with van der Waals surface area (Å²) in [6.45, 7) is 0. The van der Waals surface area contributed by atoms with E-state index in [4.69, 9.17) is 5.84 Å². The number of ether oxygens (including phenoxy) is 1. The molecule has 0 aliphatic rings. The molecule has 0 spiro atoms. The number of para-hydroxylation sites is 1. The van der Waals surface area contributed by atoms with Crippen molar-refractivity contribution < 1.29 is 17.9 Å². The molecule has 0 aliphatic carbocycles. The molecule has 20 heavy (non-hydrogen) atoms. The molecule has 0 saturated heterocycles. The number of aromatic nitrogens is 2. The summed E-state index contributed by atoms with van der Waals surface area (Å²) in [5.74, 6) is 5.17. The first kappa shape index (κ1) is 14.4. The average molecular weight is 286 g/mol. The summed E-state index contributed by atoms with van der Waals surface area (Å²) >= 11 is 0. The van der Waals surface area contributed by atoms with Crippen molar-refractivity contribution in [1.82, 2.24) is 15.0 Å². The van der Waals surface area contributed by atoms with Crippen LogP contribution in [0, 0.1) is 0 Å². The second-order valence-electron chi connectivity index (χ2n) is 4.11. The summed E-state index contributed by atoms with van der Waals surface area (Å²) in [6.07, 6.45) is -1.70. The number of nitrogens with one attached hydrogen (secondary N) is 1. The van der Waals surface area contributed by atoms with Crippen molar-refractivity contribution in [1.29, 1.82) is 0 Å². The number of imidazole rings is 1. The fraction of sp³-hybridized carbons (Fsp3) is 0.250. The Kier molecular flexibility index (Phi) is 3.96. The third kappa shape index (κ3) is 3.09. The minimum Gasteiger partial charge on any atom is -0.405 e. The molecule has 1 aromatic carbocycles. The van der Waals surface area contributed by atoms with Crippen LogP contribution >= 0.6 is 0 Å². The van der Waals surface area contributed by atoms with E-state index < -0.39 is 12.4 Å². The van der Waals surface area contributed by atoms with Crippen LogP contribution in [0.4, 0.5) is 13.2 Å². The van der Waals surface area contributed by atoms with Crippen molar-refractivity contribution in [2.75, 3.05) is 0 Å². The Morgan fingerprint density at radius 3 is 2.60 bits per heavy atom. The quantitative estimate of drug-likeness (QED) is 0.665. The lowest BCUT2D eigenvalue weighted by atomic mass is 10.0. The maximum Gasteiger partial charge on any atom is 0.573 e. The lowest BCUT2D eigenvalue weighted by molar-refractivity contribution is -0.275. The van der Waals surface area contributed by atoms with Gasteiger partial charge < -0.3 is 9.30 Å². The SMILES string of the molecule is Cn1cncc1C(NN)c1ccccc1OC(F)(F)F. The molecule has 0 amide bonds. The standard InChI is InChI=1S/C12H13F3N4O/c1-19-7-17-6-9(19)11(18-16)8-4-2-3-5-10(8)20-12(13,14)15/h2-7,11,18H,16H2,1H3. The number of rotatable bonds is 4. The Labute approximate surface area is 113 Å². The van der Waals surface area contributed by atoms with Crippen LogP contribution in [0.5, 0.6) is 5.75 Å². The predicted molar refractivity (Wildman–Crippen MR) is 65.5 cm³/mol. The second-order valence-corrected chi connectivity index (χ2v) is 4.11. The molecule has 5 nitrogen and oxygen atoms in total. The van der Waals surface area contributed by atoms with Crippen LogP contribution in [-0.2, 0) is 7.05 Å². The Morgan fingerprint density at radius 1 is 1.35 bits per heavy atom. The molecular formula is C12H13F3N4O. The number of hydrogen-bond donors (Lipinski definition) is 2. The molecule has 1 atom stereocenters. The van der Waals surface area contributed by atoms with Crippen molar-refractivity contribution in [3.05, 3.63) is 48.0 Å². The molecule has 0 fully saturated rings. The predicted octanol–water partition coefficient (Wildman–Crippen LogP) is 1.87. The summed E-state index contributed by atoms with van der Waals surface area (Å²) in [5.41, 5.74) is 3.37. The minimum atomic E-state index is -4.76. The average Bonchev–Trinajstić information content (AvgIpc) is 2.77. The van der Waals surface area contributed by atoms with Crippen LogP contribution in [0.1, 0.15) is 17.3 Å². The van der Waals surface area contributed by atoms with Gasteiger partial charge in [-0.3, -0.25) is 5.84 Å². The Balaban J connectivity index is 2.43. The van der Waals surface area contributed by atoms with Crippen molar-refractivity contribution in [3.8, 4) is 5.75 Å². The van der Waals surface area contributed by atoms with Crippen LogP contribution in [0.2, 0.25) is 0 Å². The van der Waals surface area contributed by atoms with Crippen LogP contribution in [0.3, 0.4) is 0 Å². The Hall–Kier alpha value is -2.06. The van der Waals surface area contributed by atoms with E-state index in [1.165, 1.54) is 30.7 Å². The van der Waals surface area contributed by atoms with Gasteiger partial charge in [0.15, 0.2) is 0 Å². The van der Waals surface area contributed by atoms with E-state index in [1.807, 2.05) is 0 Å². The van der Waals surface area contributed by atoms with Gasteiger partial charge in [0.05, 0.1) is 24.3 Å². The molecule has 0 saturated carbocycles. The summed E-state index contributed by atoms with van der Waals surface area (Å²) in [5, 5.41) is 0. The summed E-state index contributed by atoms with van der Waals surface area (Å²) in [4.78, 5) is 3.92. The molecule has 8 heteroatoms. The largest absolute Gasteiger partial charge is 0.573 e. The molecule has 2 rings (SSSR count). The molecule has 1 aromatic heterocycles. The first-order chi connectivity index (χ1) is 9.42. The first-order valence-electron chi connectivity index (χ1n) is 5.69. The zero-order valence-electron chi connectivity index (χ0n) is 10.6. The topological polar surface area (TPSA) is 65.1 Å². The van der Waals surface area contributed by atoms with Gasteiger partial charge in [0, 0.05) is 12.6 Å². The van der Waals surface area contributed by atoms with Gasteiger partial charge in [0.2, 0.25) is 0 Å². The lowest BCUT2D eigenvalue weighted by Gasteiger charge is -2.20. The number of nitrogens with zero attached hydrogens (tertiary/aromatic N) is 2. The van der Waals surface area contributed by atoms with Crippen molar-refractivity contribution in [2.24, 2.45) is 12.9 Å². The van der Waals surface area contributed by atoms with Gasteiger partial charge in [0.25, 0.3) is 0 Å². The number of alkyl halides is 3. The van der Waals surface area contributed by atoms with E-state index in [0.29, 0.717) is 5.69 Å². The van der Waals surface area contributed by atoms with Gasteiger partial charge in [0.1, 0.15) is 5.75 Å². The highest BCUT2D eigenvalue weighted by Gasteiger charge is 2.33. The van der Waals surface area contributed by atoms with Gasteiger partial charge in [-0.1, -0.05) is 18.2 Å². The summed E-state index contributed by atoms with van der Waals surface area (Å²) in [7, 11) is 1.72. The van der Waals surface area contributed by atoms with Gasteiger partial charge in [-0.25, -0.2) is 10.4 Å². The van der Waals surface area contributed by atoms with Gasteiger partial charge in [-0.2, -0.15) is 0 Å². The number of benzene rings is 1. The van der Waals surface area contributed by atoms with Crippen LogP contribution < -0.4 is 16.0 Å². The fourth-order valence-corrected chi connectivity index (χ4v) is 1.92. The lowest BCUT2D eigenvalue weighted by Crippen LogP contribution is -2.31. The van der Waals surface area contributed by atoms with Gasteiger partial charge in [-0.05, 0) is 6.07 Å². The molecule has 2 aromatic rings. The number of nitrogens with two attached hydrogens (primary N) is 1. The van der Waals surface area contributed by atoms with E-state index in [-0.39, 0.29) is 11.3 Å². The maximum atomic E-state index is 12.4. The highest BCUT2D eigenvalue weighted by Crippen LogP contribution is 2.32. The first-order valence-corrected chi connectivity index (χ1v) is 5.69. The molecule has 1 unspecified atom stereocenters. The van der Waals surface area contributed by atoms with E-state index in [9.17, 15) is 13.2 Å². The van der Waals surface area contributed by atoms with E-state index in [2.05, 4.69) is 15.1 Å². The van der Waals surface area contributed by atoms with Gasteiger partial charge >= 0.3 is 6.36 Å².